The van der Waals surface area contributed by atoms with E-state index in [2.05, 4.69) is 4.99 Å². The van der Waals surface area contributed by atoms with Crippen LogP contribution in [0.5, 0.6) is 0 Å². The number of nitrogens with zero attached hydrogens (tertiary/aromatic N) is 2. The van der Waals surface area contributed by atoms with Crippen molar-refractivity contribution in [2.24, 2.45) is 4.99 Å². The Bertz CT molecular complexity index is 99.9. The molecule has 3 nitrogen and oxygen atoms in total. The van der Waals surface area contributed by atoms with Crippen molar-refractivity contribution >= 4 is 5.90 Å². The third kappa shape index (κ3) is 0.899. The van der Waals surface area contributed by atoms with Crippen LogP contribution in [0.15, 0.2) is 4.99 Å². The Balaban J connectivity index is 2.42. The van der Waals surface area contributed by atoms with Crippen LogP contribution in [-0.2, 0) is 4.84 Å². The Labute approximate surface area is 42.6 Å². The summed E-state index contributed by atoms with van der Waals surface area (Å²) in [5.41, 5.74) is 0. The highest BCUT2D eigenvalue weighted by atomic mass is 16.7. The highest BCUT2D eigenvalue weighted by molar-refractivity contribution is 5.73. The molecule has 0 aliphatic carbocycles. The van der Waals surface area contributed by atoms with E-state index < -0.39 is 0 Å². The Morgan fingerprint density at radius 2 is 2.57 bits per heavy atom. The fourth-order valence-electron chi connectivity index (χ4n) is 0.482. The first-order valence-corrected chi connectivity index (χ1v) is 2.19. The van der Waals surface area contributed by atoms with Gasteiger partial charge >= 0.3 is 0 Å². The minimum Gasteiger partial charge on any atom is -0.389 e. The van der Waals surface area contributed by atoms with E-state index in [1.807, 2.05) is 14.0 Å². The van der Waals surface area contributed by atoms with Crippen LogP contribution in [0.4, 0.5) is 0 Å². The van der Waals surface area contributed by atoms with Crippen molar-refractivity contribution in [3.63, 3.8) is 0 Å². The second-order valence-electron chi connectivity index (χ2n) is 1.54. The predicted octanol–water partition coefficient (Wildman–Crippen LogP) is 0.239. The second-order valence-corrected chi connectivity index (χ2v) is 1.54. The molecule has 1 heterocycles. The Kier molecular flexibility index (Phi) is 0.982. The van der Waals surface area contributed by atoms with Crippen LogP contribution in [0, 0.1) is 0 Å². The van der Waals surface area contributed by atoms with E-state index in [4.69, 9.17) is 4.84 Å². The molecule has 0 unspecified atom stereocenters. The van der Waals surface area contributed by atoms with Crippen molar-refractivity contribution in [2.45, 2.75) is 6.92 Å². The van der Waals surface area contributed by atoms with Crippen molar-refractivity contribution < 1.29 is 4.84 Å². The van der Waals surface area contributed by atoms with Crippen molar-refractivity contribution in [1.82, 2.24) is 5.06 Å². The lowest BCUT2D eigenvalue weighted by Gasteiger charge is -2.02. The zero-order chi connectivity index (χ0) is 5.28. The molecule has 1 aliphatic heterocycles. The molecule has 3 heteroatoms. The van der Waals surface area contributed by atoms with E-state index >= 15 is 0 Å². The second kappa shape index (κ2) is 1.50. The third-order valence-electron chi connectivity index (χ3n) is 0.780. The monoisotopic (exact) mass is 100 g/mol. The van der Waals surface area contributed by atoms with E-state index in [0.717, 1.165) is 5.90 Å². The van der Waals surface area contributed by atoms with E-state index in [1.54, 1.807) is 5.06 Å². The topological polar surface area (TPSA) is 24.8 Å². The van der Waals surface area contributed by atoms with Gasteiger partial charge in [0.25, 0.3) is 0 Å². The summed E-state index contributed by atoms with van der Waals surface area (Å²) < 4.78 is 0. The number of rotatable bonds is 0. The SMILES string of the molecule is CC1=NCN(C)O1. The van der Waals surface area contributed by atoms with Gasteiger partial charge in [0.2, 0.25) is 5.90 Å². The molecule has 0 aromatic rings. The summed E-state index contributed by atoms with van der Waals surface area (Å²) in [5.74, 6) is 0.752. The molecular weight excluding hydrogens is 92.1 g/mol. The van der Waals surface area contributed by atoms with Crippen molar-refractivity contribution in [3.05, 3.63) is 0 Å². The van der Waals surface area contributed by atoms with Gasteiger partial charge in [-0.25, -0.2) is 4.99 Å². The quantitative estimate of drug-likeness (QED) is 0.435. The fraction of sp³-hybridized carbons (Fsp3) is 0.750. The van der Waals surface area contributed by atoms with Crippen LogP contribution >= 0.6 is 0 Å². The maximum atomic E-state index is 4.94. The van der Waals surface area contributed by atoms with Gasteiger partial charge in [-0.3, -0.25) is 0 Å². The molecule has 0 saturated heterocycles. The molecule has 0 fully saturated rings. The van der Waals surface area contributed by atoms with Gasteiger partial charge in [-0.05, 0) is 0 Å². The lowest BCUT2D eigenvalue weighted by molar-refractivity contribution is -0.0212. The average Bonchev–Trinajstić information content (AvgIpc) is 1.87. The van der Waals surface area contributed by atoms with Crippen LogP contribution in [0.2, 0.25) is 0 Å². The number of aliphatic imine (C=N–C) groups is 1. The maximum Gasteiger partial charge on any atom is 0.207 e. The number of hydrogen-bond acceptors (Lipinski definition) is 3. The third-order valence-corrected chi connectivity index (χ3v) is 0.780. The van der Waals surface area contributed by atoms with Crippen LogP contribution < -0.4 is 0 Å². The summed E-state index contributed by atoms with van der Waals surface area (Å²) >= 11 is 0. The van der Waals surface area contributed by atoms with Crippen LogP contribution in [0.3, 0.4) is 0 Å². The van der Waals surface area contributed by atoms with Crippen LogP contribution in [-0.4, -0.2) is 24.7 Å². The summed E-state index contributed by atoms with van der Waals surface area (Å²) in [6.45, 7) is 2.51. The molecular formula is C4H8N2O. The lowest BCUT2D eigenvalue weighted by atomic mass is 10.8. The standard InChI is InChI=1S/C4H8N2O/c1-4-5-3-6(2)7-4/h3H2,1-2H3. The first-order valence-electron chi connectivity index (χ1n) is 2.19. The van der Waals surface area contributed by atoms with Gasteiger partial charge < -0.3 is 4.84 Å². The highest BCUT2D eigenvalue weighted by Crippen LogP contribution is 1.96. The zero-order valence-electron chi connectivity index (χ0n) is 4.51. The van der Waals surface area contributed by atoms with Crippen molar-refractivity contribution in [3.8, 4) is 0 Å². The van der Waals surface area contributed by atoms with E-state index in [1.165, 1.54) is 0 Å². The first kappa shape index (κ1) is 4.59. The molecule has 0 saturated carbocycles. The molecule has 0 N–H and O–H groups in total. The summed E-state index contributed by atoms with van der Waals surface area (Å²) in [5, 5.41) is 1.68. The molecule has 0 aromatic heterocycles. The van der Waals surface area contributed by atoms with Gasteiger partial charge in [-0.15, -0.1) is 5.06 Å². The van der Waals surface area contributed by atoms with Gasteiger partial charge in [0.1, 0.15) is 6.67 Å². The molecule has 0 spiro atoms. The van der Waals surface area contributed by atoms with E-state index in [9.17, 15) is 0 Å². The first-order chi connectivity index (χ1) is 3.29. The summed E-state index contributed by atoms with van der Waals surface area (Å²) in [6.07, 6.45) is 0. The largest absolute Gasteiger partial charge is 0.389 e. The molecule has 7 heavy (non-hydrogen) atoms. The fourth-order valence-corrected chi connectivity index (χ4v) is 0.482. The highest BCUT2D eigenvalue weighted by Gasteiger charge is 2.05. The molecule has 0 radical (unpaired) electrons. The lowest BCUT2D eigenvalue weighted by Crippen LogP contribution is -2.12. The van der Waals surface area contributed by atoms with Gasteiger partial charge in [0.15, 0.2) is 0 Å². The molecule has 0 amide bonds. The van der Waals surface area contributed by atoms with E-state index in [0.29, 0.717) is 6.67 Å². The zero-order valence-corrected chi connectivity index (χ0v) is 4.51. The average molecular weight is 100 g/mol. The molecule has 40 valence electrons. The minimum atomic E-state index is 0.672. The van der Waals surface area contributed by atoms with Gasteiger partial charge in [0, 0.05) is 14.0 Å². The molecule has 1 rings (SSSR count). The Morgan fingerprint density at radius 1 is 1.86 bits per heavy atom. The minimum absolute atomic E-state index is 0.672. The van der Waals surface area contributed by atoms with Crippen molar-refractivity contribution in [2.75, 3.05) is 13.7 Å². The molecule has 1 aliphatic rings. The van der Waals surface area contributed by atoms with Crippen LogP contribution in [0.1, 0.15) is 6.92 Å². The normalized spacial score (nSPS) is 21.7. The summed E-state index contributed by atoms with van der Waals surface area (Å²) in [4.78, 5) is 8.88. The molecule has 0 bridgehead atoms. The summed E-state index contributed by atoms with van der Waals surface area (Å²) in [7, 11) is 1.85. The van der Waals surface area contributed by atoms with Gasteiger partial charge in [-0.2, -0.15) is 0 Å². The smallest absolute Gasteiger partial charge is 0.207 e. The van der Waals surface area contributed by atoms with Crippen LogP contribution in [0.25, 0.3) is 0 Å². The predicted molar refractivity (Wildman–Crippen MR) is 26.8 cm³/mol. The molecule has 0 aromatic carbocycles. The molecule has 0 atom stereocenters. The van der Waals surface area contributed by atoms with E-state index in [-0.39, 0.29) is 0 Å². The maximum absolute atomic E-state index is 4.94. The Hall–Kier alpha value is -0.570. The Morgan fingerprint density at radius 3 is 2.71 bits per heavy atom. The van der Waals surface area contributed by atoms with Gasteiger partial charge in [0.05, 0.1) is 0 Å². The number of hydroxylamine groups is 2. The van der Waals surface area contributed by atoms with Crippen molar-refractivity contribution in [1.29, 1.82) is 0 Å². The summed E-state index contributed by atoms with van der Waals surface area (Å²) in [6, 6.07) is 0. The number of hydrogen-bond donors (Lipinski definition) is 0. The van der Waals surface area contributed by atoms with Gasteiger partial charge in [-0.1, -0.05) is 0 Å².